The van der Waals surface area contributed by atoms with Crippen LogP contribution in [0.1, 0.15) is 118 Å². The molecule has 1 unspecified atom stereocenters. The van der Waals surface area contributed by atoms with E-state index in [9.17, 15) is 4.79 Å². The first-order chi connectivity index (χ1) is 18.6. The van der Waals surface area contributed by atoms with E-state index in [1.165, 1.54) is 88.3 Å². The maximum absolute atomic E-state index is 12.4. The van der Waals surface area contributed by atoms with Crippen molar-refractivity contribution < 1.29 is 40.6 Å². The Morgan fingerprint density at radius 2 is 1.41 bits per heavy atom. The van der Waals surface area contributed by atoms with Crippen molar-refractivity contribution in [3.05, 3.63) is 52.0 Å². The van der Waals surface area contributed by atoms with Crippen LogP contribution in [0.25, 0.3) is 0 Å². The number of benzene rings is 1. The number of thiazole rings is 1. The number of halogens is 1. The highest BCUT2D eigenvalue weighted by Crippen LogP contribution is 2.13. The minimum Gasteiger partial charge on any atom is -1.00 e. The van der Waals surface area contributed by atoms with E-state index in [0.29, 0.717) is 12.2 Å². The Bertz CT molecular complexity index is 858. The normalized spacial score (nSPS) is 11.8. The highest BCUT2D eigenvalue weighted by atomic mass is 79.9. The number of nitrogens with zero attached hydrogens (tertiary/aromatic N) is 1. The summed E-state index contributed by atoms with van der Waals surface area (Å²) in [6, 6.07) is 7.60. The molecule has 0 N–H and O–H groups in total. The number of carbonyl (C=O) groups excluding carboxylic acids is 1. The summed E-state index contributed by atoms with van der Waals surface area (Å²) >= 11 is 1.73. The van der Waals surface area contributed by atoms with Gasteiger partial charge in [-0.05, 0) is 25.5 Å². The number of unbranched alkanes of at least 4 members (excludes halogenated alkanes) is 13. The first kappa shape index (κ1) is 35.7. The number of aromatic nitrogens is 1. The molecule has 39 heavy (non-hydrogen) atoms. The van der Waals surface area contributed by atoms with Crippen molar-refractivity contribution in [2.75, 3.05) is 26.9 Å². The predicted molar refractivity (Wildman–Crippen MR) is 157 cm³/mol. The fourth-order valence-corrected chi connectivity index (χ4v) is 5.17. The average Bonchev–Trinajstić information content (AvgIpc) is 3.34. The number of methoxy groups -OCH3 is 1. The minimum absolute atomic E-state index is 0. The van der Waals surface area contributed by atoms with Gasteiger partial charge in [-0.15, -0.1) is 0 Å². The lowest BCUT2D eigenvalue weighted by atomic mass is 10.0. The molecule has 0 aliphatic heterocycles. The first-order valence-electron chi connectivity index (χ1n) is 14.9. The maximum Gasteiger partial charge on any atom is 0.338 e. The Morgan fingerprint density at radius 3 is 1.92 bits per heavy atom. The smallest absolute Gasteiger partial charge is 0.338 e. The molecule has 0 saturated heterocycles. The molecule has 0 aliphatic carbocycles. The first-order valence-corrected chi connectivity index (χ1v) is 15.8. The van der Waals surface area contributed by atoms with Gasteiger partial charge < -0.3 is 31.2 Å². The van der Waals surface area contributed by atoms with Gasteiger partial charge in [-0.25, -0.2) is 4.79 Å². The molecule has 1 atom stereocenters. The van der Waals surface area contributed by atoms with Gasteiger partial charge in [0, 0.05) is 19.3 Å². The third kappa shape index (κ3) is 17.2. The summed E-state index contributed by atoms with van der Waals surface area (Å²) in [6.45, 7) is 6.54. The van der Waals surface area contributed by atoms with E-state index in [2.05, 4.69) is 30.1 Å². The van der Waals surface area contributed by atoms with E-state index in [-0.39, 0.29) is 35.7 Å². The van der Waals surface area contributed by atoms with Crippen LogP contribution in [0.2, 0.25) is 0 Å². The van der Waals surface area contributed by atoms with Crippen LogP contribution < -0.4 is 21.5 Å². The van der Waals surface area contributed by atoms with Crippen LogP contribution in [0, 0.1) is 6.92 Å². The van der Waals surface area contributed by atoms with Gasteiger partial charge in [-0.1, -0.05) is 114 Å². The number of rotatable bonds is 23. The zero-order chi connectivity index (χ0) is 27.3. The quantitative estimate of drug-likeness (QED) is 0.0983. The minimum atomic E-state index is -0.329. The highest BCUT2D eigenvalue weighted by molar-refractivity contribution is 7.09. The van der Waals surface area contributed by atoms with Crippen LogP contribution >= 0.6 is 11.3 Å². The molecule has 2 rings (SSSR count). The average molecular weight is 627 g/mol. The van der Waals surface area contributed by atoms with Gasteiger partial charge >= 0.3 is 5.97 Å². The van der Waals surface area contributed by atoms with Crippen molar-refractivity contribution in [2.24, 2.45) is 0 Å². The molecule has 0 fully saturated rings. The summed E-state index contributed by atoms with van der Waals surface area (Å²) in [5, 5.41) is 0. The third-order valence-corrected chi connectivity index (χ3v) is 7.81. The van der Waals surface area contributed by atoms with Crippen molar-refractivity contribution >= 4 is 17.3 Å². The number of aryl methyl sites for hydroxylation is 1. The molecular weight excluding hydrogens is 574 g/mol. The summed E-state index contributed by atoms with van der Waals surface area (Å²) in [6.07, 6.45) is 20.8. The van der Waals surface area contributed by atoms with Crippen molar-refractivity contribution in [2.45, 2.75) is 116 Å². The van der Waals surface area contributed by atoms with Gasteiger partial charge in [0.1, 0.15) is 12.7 Å². The van der Waals surface area contributed by atoms with Crippen LogP contribution in [0.4, 0.5) is 0 Å². The lowest BCUT2D eigenvalue weighted by molar-refractivity contribution is -0.683. The molecule has 0 aliphatic rings. The van der Waals surface area contributed by atoms with E-state index in [1.54, 1.807) is 18.4 Å². The summed E-state index contributed by atoms with van der Waals surface area (Å²) in [5.41, 5.74) is 3.80. The molecule has 5 nitrogen and oxygen atoms in total. The van der Waals surface area contributed by atoms with Crippen molar-refractivity contribution in [1.82, 2.24) is 0 Å². The van der Waals surface area contributed by atoms with Crippen LogP contribution in [0.15, 0.2) is 36.0 Å². The van der Waals surface area contributed by atoms with Crippen LogP contribution in [-0.2, 0) is 20.8 Å². The lowest BCUT2D eigenvalue weighted by Gasteiger charge is -2.16. The lowest BCUT2D eigenvalue weighted by Crippen LogP contribution is -3.00. The molecule has 0 bridgehead atoms. The van der Waals surface area contributed by atoms with Gasteiger partial charge in [0.25, 0.3) is 0 Å². The van der Waals surface area contributed by atoms with Crippen molar-refractivity contribution in [3.63, 3.8) is 0 Å². The second kappa shape index (κ2) is 23.4. The molecule has 2 aromatic rings. The van der Waals surface area contributed by atoms with Gasteiger partial charge in [-0.2, -0.15) is 4.57 Å². The summed E-state index contributed by atoms with van der Waals surface area (Å²) in [5.74, 6) is -0.329. The van der Waals surface area contributed by atoms with E-state index >= 15 is 0 Å². The Kier molecular flexibility index (Phi) is 21.5. The second-order valence-electron chi connectivity index (χ2n) is 10.5. The third-order valence-electron chi connectivity index (χ3n) is 6.96. The number of esters is 1. The monoisotopic (exact) mass is 625 g/mol. The second-order valence-corrected chi connectivity index (χ2v) is 11.6. The molecule has 0 radical (unpaired) electrons. The van der Waals surface area contributed by atoms with Crippen LogP contribution in [0.5, 0.6) is 0 Å². The van der Waals surface area contributed by atoms with Gasteiger partial charge in [0.15, 0.2) is 12.7 Å². The van der Waals surface area contributed by atoms with Gasteiger partial charge in [0.2, 0.25) is 5.51 Å². The Morgan fingerprint density at radius 1 is 0.846 bits per heavy atom. The predicted octanol–water partition coefficient (Wildman–Crippen LogP) is 5.07. The molecule has 1 aromatic carbocycles. The Balaban J connectivity index is 0.00000760. The molecule has 0 amide bonds. The van der Waals surface area contributed by atoms with E-state index in [4.69, 9.17) is 14.2 Å². The Labute approximate surface area is 252 Å². The number of hydrogen-bond donors (Lipinski definition) is 0. The molecular formula is C32H52BrNO4S. The number of hydrogen-bond acceptors (Lipinski definition) is 5. The topological polar surface area (TPSA) is 48.6 Å². The van der Waals surface area contributed by atoms with E-state index in [0.717, 1.165) is 25.1 Å². The summed E-state index contributed by atoms with van der Waals surface area (Å²) < 4.78 is 18.9. The SMILES string of the molecule is CCCCCCCCCCCCCCCCOCC(COC(=O)c1ccc(C[n+]2csc(C)c2)cc1)OC.[Br-]. The van der Waals surface area contributed by atoms with Crippen molar-refractivity contribution in [1.29, 1.82) is 0 Å². The highest BCUT2D eigenvalue weighted by Gasteiger charge is 2.14. The fraction of sp³-hybridized carbons (Fsp3) is 0.688. The zero-order valence-corrected chi connectivity index (χ0v) is 27.0. The molecule has 222 valence electrons. The zero-order valence-electron chi connectivity index (χ0n) is 24.6. The molecule has 7 heteroatoms. The van der Waals surface area contributed by atoms with Crippen LogP contribution in [0.3, 0.4) is 0 Å². The molecule has 0 spiro atoms. The fourth-order valence-electron chi connectivity index (χ4n) is 4.53. The summed E-state index contributed by atoms with van der Waals surface area (Å²) in [4.78, 5) is 13.7. The van der Waals surface area contributed by atoms with Crippen molar-refractivity contribution in [3.8, 4) is 0 Å². The van der Waals surface area contributed by atoms with Gasteiger partial charge in [-0.3, -0.25) is 0 Å². The summed E-state index contributed by atoms with van der Waals surface area (Å²) in [7, 11) is 1.63. The van der Waals surface area contributed by atoms with Crippen LogP contribution in [-0.4, -0.2) is 39.0 Å². The number of ether oxygens (including phenoxy) is 3. The molecule has 1 aromatic heterocycles. The standard InChI is InChI=1S/C32H52NO4S.BrH/c1-4-5-6-7-8-9-10-11-12-13-14-15-16-17-22-36-25-31(35-3)26-37-32(34)30-20-18-29(19-21-30)24-33-23-28(2)38-27-33;/h18-21,23,27,31H,4-17,22,24-26H2,1-3H3;1H/q+1;/p-1. The maximum atomic E-state index is 12.4. The Hall–Kier alpha value is -1.28. The van der Waals surface area contributed by atoms with Gasteiger partial charge in [0.05, 0.1) is 17.0 Å². The molecule has 0 saturated carbocycles. The molecule has 1 heterocycles. The van der Waals surface area contributed by atoms with E-state index in [1.807, 2.05) is 24.3 Å². The number of carbonyl (C=O) groups is 1. The van der Waals surface area contributed by atoms with E-state index < -0.39 is 0 Å². The largest absolute Gasteiger partial charge is 1.00 e.